The fourth-order valence-electron chi connectivity index (χ4n) is 5.84. The molecule has 0 spiro atoms. The second-order valence-electron chi connectivity index (χ2n) is 11.6. The molecule has 4 aromatic carbocycles. The zero-order chi connectivity index (χ0) is 32.7. The lowest BCUT2D eigenvalue weighted by atomic mass is 10.0. The molecule has 7 nitrogen and oxygen atoms in total. The monoisotopic (exact) mass is 721 g/mol. The fourth-order valence-corrected chi connectivity index (χ4v) is 7.83. The van der Waals surface area contributed by atoms with Crippen LogP contribution in [0.1, 0.15) is 42.4 Å². The number of benzene rings is 4. The maximum Gasteiger partial charge on any atom is 0.264 e. The summed E-state index contributed by atoms with van der Waals surface area (Å²) in [5, 5.41) is 3.65. The Labute approximate surface area is 284 Å². The van der Waals surface area contributed by atoms with Crippen molar-refractivity contribution in [3.05, 3.63) is 129 Å². The number of rotatable bonds is 12. The van der Waals surface area contributed by atoms with E-state index in [1.165, 1.54) is 17.0 Å². The molecule has 1 aliphatic carbocycles. The highest BCUT2D eigenvalue weighted by Gasteiger charge is 2.36. The van der Waals surface area contributed by atoms with Gasteiger partial charge in [-0.3, -0.25) is 13.9 Å². The first-order chi connectivity index (χ1) is 22.1. The highest BCUT2D eigenvalue weighted by molar-refractivity contribution is 9.10. The number of nitrogens with one attached hydrogen (secondary N) is 1. The van der Waals surface area contributed by atoms with E-state index >= 15 is 0 Å². The highest BCUT2D eigenvalue weighted by atomic mass is 79.9. The number of sulfonamides is 1. The molecule has 1 unspecified atom stereocenters. The van der Waals surface area contributed by atoms with E-state index in [-0.39, 0.29) is 29.8 Å². The molecule has 4 aromatic rings. The number of nitrogens with zero attached hydrogens (tertiary/aromatic N) is 2. The topological polar surface area (TPSA) is 86.8 Å². The summed E-state index contributed by atoms with van der Waals surface area (Å²) in [6, 6.07) is 29.2. The van der Waals surface area contributed by atoms with Gasteiger partial charge in [0.15, 0.2) is 0 Å². The quantitative estimate of drug-likeness (QED) is 0.166. The summed E-state index contributed by atoms with van der Waals surface area (Å²) < 4.78 is 30.4. The van der Waals surface area contributed by atoms with Gasteiger partial charge in [0.1, 0.15) is 12.6 Å². The van der Waals surface area contributed by atoms with E-state index < -0.39 is 28.5 Å². The van der Waals surface area contributed by atoms with Gasteiger partial charge < -0.3 is 10.2 Å². The molecule has 0 heterocycles. The molecule has 0 aliphatic heterocycles. The lowest BCUT2D eigenvalue weighted by Gasteiger charge is -2.34. The van der Waals surface area contributed by atoms with Crippen LogP contribution in [0.15, 0.2) is 112 Å². The zero-order valence-corrected chi connectivity index (χ0v) is 28.8. The molecule has 240 valence electrons. The number of hydrogen-bond donors (Lipinski definition) is 1. The van der Waals surface area contributed by atoms with Gasteiger partial charge in [0.2, 0.25) is 11.8 Å². The average Bonchev–Trinajstić information content (AvgIpc) is 3.56. The summed E-state index contributed by atoms with van der Waals surface area (Å²) in [6.07, 6.45) is 4.14. The van der Waals surface area contributed by atoms with Gasteiger partial charge in [0.05, 0.1) is 10.6 Å². The summed E-state index contributed by atoms with van der Waals surface area (Å²) in [5.74, 6) is -0.749. The van der Waals surface area contributed by atoms with Crippen LogP contribution in [0.25, 0.3) is 0 Å². The summed E-state index contributed by atoms with van der Waals surface area (Å²) >= 11 is 9.72. The molecule has 1 fully saturated rings. The molecule has 0 bridgehead atoms. The second kappa shape index (κ2) is 15.3. The number of carbonyl (C=O) groups excluding carboxylic acids is 2. The Hall–Kier alpha value is -3.66. The fraction of sp³-hybridized carbons (Fsp3) is 0.278. The molecule has 1 aliphatic rings. The van der Waals surface area contributed by atoms with E-state index in [0.29, 0.717) is 16.3 Å². The predicted molar refractivity (Wildman–Crippen MR) is 186 cm³/mol. The van der Waals surface area contributed by atoms with Crippen molar-refractivity contribution in [3.63, 3.8) is 0 Å². The largest absolute Gasteiger partial charge is 0.352 e. The Morgan fingerprint density at radius 2 is 1.52 bits per heavy atom. The van der Waals surface area contributed by atoms with Crippen molar-refractivity contribution in [1.29, 1.82) is 0 Å². The third kappa shape index (κ3) is 8.37. The molecular weight excluding hydrogens is 686 g/mol. The van der Waals surface area contributed by atoms with Crippen molar-refractivity contribution in [1.82, 2.24) is 10.2 Å². The van der Waals surface area contributed by atoms with Crippen molar-refractivity contribution >= 4 is 55.1 Å². The number of halogens is 2. The van der Waals surface area contributed by atoms with E-state index in [1.807, 2.05) is 54.6 Å². The minimum atomic E-state index is -4.18. The normalized spacial score (nSPS) is 14.1. The molecule has 1 saturated carbocycles. The standard InChI is InChI=1S/C36H37BrClN3O4S/c1-26-22-30(38)20-21-33(26)41(46(44,45)32-14-6-3-7-15-32)25-35(42)40(24-28-16-18-29(37)19-17-28)34(23-27-10-4-2-5-11-27)36(43)39-31-12-8-9-13-31/h2-7,10-11,14-22,31,34H,8-9,12-13,23-25H2,1H3,(H,39,43). The van der Waals surface area contributed by atoms with Crippen LogP contribution in [-0.4, -0.2) is 43.8 Å². The first kappa shape index (κ1) is 33.7. The van der Waals surface area contributed by atoms with Crippen LogP contribution in [0.5, 0.6) is 0 Å². The molecule has 0 radical (unpaired) electrons. The van der Waals surface area contributed by atoms with E-state index in [4.69, 9.17) is 11.6 Å². The average molecular weight is 723 g/mol. The molecule has 5 rings (SSSR count). The van der Waals surface area contributed by atoms with Gasteiger partial charge >= 0.3 is 0 Å². The number of aryl methyl sites for hydroxylation is 1. The summed E-state index contributed by atoms with van der Waals surface area (Å²) in [4.78, 5) is 30.3. The van der Waals surface area contributed by atoms with Crippen LogP contribution in [-0.2, 0) is 32.6 Å². The van der Waals surface area contributed by atoms with Crippen molar-refractivity contribution in [2.45, 2.75) is 62.6 Å². The number of hydrogen-bond acceptors (Lipinski definition) is 4. The van der Waals surface area contributed by atoms with Gasteiger partial charge in [-0.25, -0.2) is 8.42 Å². The Balaban J connectivity index is 1.57. The lowest BCUT2D eigenvalue weighted by molar-refractivity contribution is -0.140. The van der Waals surface area contributed by atoms with Crippen LogP contribution in [0.4, 0.5) is 5.69 Å². The van der Waals surface area contributed by atoms with Crippen molar-refractivity contribution < 1.29 is 18.0 Å². The van der Waals surface area contributed by atoms with Crippen LogP contribution in [0.2, 0.25) is 5.02 Å². The molecule has 2 amide bonds. The molecule has 10 heteroatoms. The summed E-state index contributed by atoms with van der Waals surface area (Å²) in [7, 11) is -4.18. The first-order valence-corrected chi connectivity index (χ1v) is 17.9. The smallest absolute Gasteiger partial charge is 0.264 e. The minimum absolute atomic E-state index is 0.0436. The number of amides is 2. The van der Waals surface area contributed by atoms with Gasteiger partial charge in [-0.05, 0) is 78.9 Å². The van der Waals surface area contributed by atoms with Crippen LogP contribution in [0.3, 0.4) is 0 Å². The van der Waals surface area contributed by atoms with Gasteiger partial charge in [-0.2, -0.15) is 0 Å². The highest BCUT2D eigenvalue weighted by Crippen LogP contribution is 2.30. The molecule has 46 heavy (non-hydrogen) atoms. The van der Waals surface area contributed by atoms with Gasteiger partial charge in [-0.1, -0.05) is 101 Å². The predicted octanol–water partition coefficient (Wildman–Crippen LogP) is 7.31. The molecule has 1 N–H and O–H groups in total. The number of anilines is 1. The van der Waals surface area contributed by atoms with Crippen molar-refractivity contribution in [2.75, 3.05) is 10.8 Å². The van der Waals surface area contributed by atoms with E-state index in [0.717, 1.165) is 45.6 Å². The van der Waals surface area contributed by atoms with Crippen molar-refractivity contribution in [3.8, 4) is 0 Å². The third-order valence-electron chi connectivity index (χ3n) is 8.28. The SMILES string of the molecule is Cc1cc(Cl)ccc1N(CC(=O)N(Cc1ccc(Br)cc1)C(Cc1ccccc1)C(=O)NC1CCCC1)S(=O)(=O)c1ccccc1. The molecular formula is C36H37BrClN3O4S. The third-order valence-corrected chi connectivity index (χ3v) is 10.8. The Kier molecular flexibility index (Phi) is 11.2. The van der Waals surface area contributed by atoms with Crippen LogP contribution < -0.4 is 9.62 Å². The summed E-state index contributed by atoms with van der Waals surface area (Å²) in [5.41, 5.74) is 2.63. The first-order valence-electron chi connectivity index (χ1n) is 15.3. The Morgan fingerprint density at radius 3 is 2.15 bits per heavy atom. The molecule has 0 aromatic heterocycles. The maximum atomic E-state index is 14.6. The van der Waals surface area contributed by atoms with Gasteiger partial charge in [0, 0.05) is 28.5 Å². The minimum Gasteiger partial charge on any atom is -0.352 e. The number of carbonyl (C=O) groups is 2. The Bertz CT molecular complexity index is 1750. The zero-order valence-electron chi connectivity index (χ0n) is 25.6. The van der Waals surface area contributed by atoms with E-state index in [9.17, 15) is 18.0 Å². The second-order valence-corrected chi connectivity index (χ2v) is 14.8. The van der Waals surface area contributed by atoms with E-state index in [1.54, 1.807) is 43.3 Å². The van der Waals surface area contributed by atoms with Crippen LogP contribution >= 0.6 is 27.5 Å². The van der Waals surface area contributed by atoms with E-state index in [2.05, 4.69) is 21.2 Å². The Morgan fingerprint density at radius 1 is 0.891 bits per heavy atom. The lowest BCUT2D eigenvalue weighted by Crippen LogP contribution is -2.54. The molecule has 1 atom stereocenters. The maximum absolute atomic E-state index is 14.6. The van der Waals surface area contributed by atoms with Gasteiger partial charge in [0.25, 0.3) is 10.0 Å². The molecule has 0 saturated heterocycles. The van der Waals surface area contributed by atoms with Crippen molar-refractivity contribution in [2.24, 2.45) is 0 Å². The van der Waals surface area contributed by atoms with Gasteiger partial charge in [-0.15, -0.1) is 0 Å². The summed E-state index contributed by atoms with van der Waals surface area (Å²) in [6.45, 7) is 1.35. The van der Waals surface area contributed by atoms with Crippen LogP contribution in [0, 0.1) is 6.92 Å².